The Morgan fingerprint density at radius 1 is 1.25 bits per heavy atom. The summed E-state index contributed by atoms with van der Waals surface area (Å²) >= 11 is 6.89. The third-order valence-corrected chi connectivity index (χ3v) is 8.46. The van der Waals surface area contributed by atoms with Crippen molar-refractivity contribution < 1.29 is 22.8 Å². The van der Waals surface area contributed by atoms with Crippen molar-refractivity contribution >= 4 is 50.4 Å². The van der Waals surface area contributed by atoms with Gasteiger partial charge in [0.25, 0.3) is 5.91 Å². The Morgan fingerprint density at radius 2 is 2.00 bits per heavy atom. The van der Waals surface area contributed by atoms with Crippen molar-refractivity contribution in [2.45, 2.75) is 36.6 Å². The highest BCUT2D eigenvalue weighted by atomic mass is 35.5. The van der Waals surface area contributed by atoms with E-state index >= 15 is 0 Å². The van der Waals surface area contributed by atoms with Gasteiger partial charge in [-0.05, 0) is 48.7 Å². The van der Waals surface area contributed by atoms with Crippen molar-refractivity contribution in [3.8, 4) is 0 Å². The fraction of sp³-hybridized carbons (Fsp3) is 0.333. The highest BCUT2D eigenvalue weighted by Crippen LogP contribution is 2.50. The monoisotopic (exact) mass is 537 g/mol. The number of nitrogen functional groups attached to an aromatic ring is 1. The summed E-state index contributed by atoms with van der Waals surface area (Å²) in [4.78, 5) is 27.2. The Hall–Kier alpha value is -2.70. The van der Waals surface area contributed by atoms with Crippen LogP contribution in [0, 0.1) is 0 Å². The van der Waals surface area contributed by atoms with Crippen LogP contribution in [0.25, 0.3) is 10.1 Å². The lowest BCUT2D eigenvalue weighted by Gasteiger charge is -2.37. The zero-order valence-electron chi connectivity index (χ0n) is 18.8. The zero-order chi connectivity index (χ0) is 26.0. The van der Waals surface area contributed by atoms with Crippen LogP contribution in [-0.4, -0.2) is 30.8 Å². The molecule has 5 rings (SSSR count). The molecule has 0 saturated carbocycles. The molecule has 12 heteroatoms. The first-order valence-corrected chi connectivity index (χ1v) is 12.5. The largest absolute Gasteiger partial charge is 0.417 e. The SMILES string of the molecule is Nc1ccc2c3c(c(C(=O)NC4CCCNC4)sc13)C(N)C(=O)C2(N)c1ccc(Cl)c(C(F)(F)F)c1. The number of thiophene rings is 1. The number of Topliss-reactive ketones (excluding diaryl/α,β-unsaturated/α-hetero) is 1. The molecule has 0 radical (unpaired) electrons. The van der Waals surface area contributed by atoms with Gasteiger partial charge in [0, 0.05) is 29.2 Å². The van der Waals surface area contributed by atoms with Gasteiger partial charge in [0.1, 0.15) is 5.54 Å². The maximum absolute atomic E-state index is 13.7. The van der Waals surface area contributed by atoms with Crippen LogP contribution in [0.2, 0.25) is 5.02 Å². The van der Waals surface area contributed by atoms with E-state index in [2.05, 4.69) is 10.6 Å². The van der Waals surface area contributed by atoms with E-state index in [1.165, 1.54) is 18.2 Å². The van der Waals surface area contributed by atoms with Gasteiger partial charge in [-0.1, -0.05) is 23.7 Å². The first-order chi connectivity index (χ1) is 16.9. The molecular weight excluding hydrogens is 515 g/mol. The van der Waals surface area contributed by atoms with E-state index < -0.39 is 34.1 Å². The molecule has 2 heterocycles. The van der Waals surface area contributed by atoms with Crippen molar-refractivity contribution in [1.82, 2.24) is 10.6 Å². The van der Waals surface area contributed by atoms with Crippen molar-refractivity contribution in [2.75, 3.05) is 18.8 Å². The molecule has 36 heavy (non-hydrogen) atoms. The number of halogens is 4. The molecular formula is C24H23ClF3N5O2S. The van der Waals surface area contributed by atoms with Crippen molar-refractivity contribution in [3.05, 3.63) is 62.5 Å². The first-order valence-electron chi connectivity index (χ1n) is 11.3. The Balaban J connectivity index is 1.70. The molecule has 8 N–H and O–H groups in total. The van der Waals surface area contributed by atoms with Crippen LogP contribution in [0.4, 0.5) is 18.9 Å². The van der Waals surface area contributed by atoms with E-state index in [0.29, 0.717) is 22.3 Å². The molecule has 3 unspecified atom stereocenters. The predicted molar refractivity (Wildman–Crippen MR) is 133 cm³/mol. The average molecular weight is 538 g/mol. The molecule has 0 spiro atoms. The normalized spacial score (nSPS) is 24.2. The average Bonchev–Trinajstić information content (AvgIpc) is 3.24. The summed E-state index contributed by atoms with van der Waals surface area (Å²) in [5.74, 6) is -1.12. The lowest BCUT2D eigenvalue weighted by Crippen LogP contribution is -2.52. The minimum absolute atomic E-state index is 0.0838. The Kier molecular flexibility index (Phi) is 6.04. The number of rotatable bonds is 3. The predicted octanol–water partition coefficient (Wildman–Crippen LogP) is 3.42. The van der Waals surface area contributed by atoms with Crippen molar-refractivity contribution in [1.29, 1.82) is 0 Å². The molecule has 1 aliphatic carbocycles. The zero-order valence-corrected chi connectivity index (χ0v) is 20.4. The standard InChI is InChI=1S/C24H23ClF3N5O2S/c25-14-5-3-10(8-13(14)24(26,27)28)23(31)12-4-6-15(29)19-16(12)17(18(30)21(23)34)20(36-19)22(35)33-11-2-1-7-32-9-11/h3-6,8,11,18,32H,1-2,7,9,29-31H2,(H,33,35). The molecule has 190 valence electrons. The number of nitrogens with two attached hydrogens (primary N) is 3. The summed E-state index contributed by atoms with van der Waals surface area (Å²) in [6.07, 6.45) is -3.04. The number of alkyl halides is 3. The van der Waals surface area contributed by atoms with Gasteiger partial charge in [0.2, 0.25) is 0 Å². The second-order valence-corrected chi connectivity index (χ2v) is 10.5. The fourth-order valence-electron chi connectivity index (χ4n) is 5.06. The van der Waals surface area contributed by atoms with Gasteiger partial charge >= 0.3 is 6.18 Å². The summed E-state index contributed by atoms with van der Waals surface area (Å²) < 4.78 is 41.3. The number of nitrogens with one attached hydrogen (secondary N) is 2. The van der Waals surface area contributed by atoms with E-state index in [1.807, 2.05) is 0 Å². The summed E-state index contributed by atoms with van der Waals surface area (Å²) in [7, 11) is 0. The molecule has 0 bridgehead atoms. The molecule has 1 saturated heterocycles. The lowest BCUT2D eigenvalue weighted by molar-refractivity contribution is -0.137. The topological polar surface area (TPSA) is 136 Å². The number of carbonyl (C=O) groups excluding carboxylic acids is 2. The van der Waals surface area contributed by atoms with Crippen molar-refractivity contribution in [3.63, 3.8) is 0 Å². The van der Waals surface area contributed by atoms with E-state index in [9.17, 15) is 22.8 Å². The van der Waals surface area contributed by atoms with Crippen LogP contribution in [-0.2, 0) is 16.5 Å². The molecule has 1 fully saturated rings. The van der Waals surface area contributed by atoms with E-state index in [-0.39, 0.29) is 33.5 Å². The molecule has 1 aromatic heterocycles. The molecule has 7 nitrogen and oxygen atoms in total. The van der Waals surface area contributed by atoms with Gasteiger partial charge in [0.05, 0.1) is 26.2 Å². The van der Waals surface area contributed by atoms with Crippen LogP contribution >= 0.6 is 22.9 Å². The van der Waals surface area contributed by atoms with Crippen LogP contribution in [0.15, 0.2) is 30.3 Å². The summed E-state index contributed by atoms with van der Waals surface area (Å²) in [6.45, 7) is 1.49. The van der Waals surface area contributed by atoms with E-state index in [0.717, 1.165) is 42.9 Å². The number of piperidine rings is 1. The molecule has 1 aliphatic heterocycles. The highest BCUT2D eigenvalue weighted by Gasteiger charge is 2.49. The van der Waals surface area contributed by atoms with Gasteiger partial charge in [-0.3, -0.25) is 9.59 Å². The van der Waals surface area contributed by atoms with Gasteiger partial charge in [-0.2, -0.15) is 13.2 Å². The number of hydrogen-bond acceptors (Lipinski definition) is 7. The van der Waals surface area contributed by atoms with Crippen LogP contribution in [0.1, 0.15) is 50.8 Å². The fourth-order valence-corrected chi connectivity index (χ4v) is 6.49. The minimum Gasteiger partial charge on any atom is -0.398 e. The van der Waals surface area contributed by atoms with Gasteiger partial charge < -0.3 is 27.8 Å². The van der Waals surface area contributed by atoms with Crippen LogP contribution < -0.4 is 27.8 Å². The second-order valence-electron chi connectivity index (χ2n) is 9.11. The number of benzene rings is 2. The first kappa shape index (κ1) is 25.0. The molecule has 2 aromatic carbocycles. The van der Waals surface area contributed by atoms with Crippen LogP contribution in [0.3, 0.4) is 0 Å². The Labute approximate surface area is 213 Å². The van der Waals surface area contributed by atoms with Crippen LogP contribution in [0.5, 0.6) is 0 Å². The Morgan fingerprint density at radius 3 is 2.67 bits per heavy atom. The molecule has 1 amide bonds. The molecule has 2 aliphatic rings. The number of hydrogen-bond donors (Lipinski definition) is 5. The van der Waals surface area contributed by atoms with E-state index in [1.54, 1.807) is 0 Å². The number of carbonyl (C=O) groups is 2. The van der Waals surface area contributed by atoms with Gasteiger partial charge in [-0.15, -0.1) is 11.3 Å². The third kappa shape index (κ3) is 3.77. The number of amides is 1. The van der Waals surface area contributed by atoms with Gasteiger partial charge in [-0.25, -0.2) is 0 Å². The van der Waals surface area contributed by atoms with E-state index in [4.69, 9.17) is 28.8 Å². The Bertz CT molecular complexity index is 1400. The minimum atomic E-state index is -4.76. The summed E-state index contributed by atoms with van der Waals surface area (Å²) in [5, 5.41) is 6.11. The second kappa shape index (κ2) is 8.70. The van der Waals surface area contributed by atoms with Crippen molar-refractivity contribution in [2.24, 2.45) is 11.5 Å². The number of anilines is 1. The highest BCUT2D eigenvalue weighted by molar-refractivity contribution is 7.21. The number of ketones is 1. The third-order valence-electron chi connectivity index (χ3n) is 6.88. The summed E-state index contributed by atoms with van der Waals surface area (Å²) in [5.41, 5.74) is 16.9. The quantitative estimate of drug-likeness (QED) is 0.325. The smallest absolute Gasteiger partial charge is 0.398 e. The molecule has 3 atom stereocenters. The summed E-state index contributed by atoms with van der Waals surface area (Å²) in [6, 6.07) is 4.71. The molecule has 3 aromatic rings. The van der Waals surface area contributed by atoms with Gasteiger partial charge in [0.15, 0.2) is 5.78 Å². The maximum atomic E-state index is 13.7. The lowest BCUT2D eigenvalue weighted by atomic mass is 9.70. The maximum Gasteiger partial charge on any atom is 0.417 e.